The molecular formula is C19H23N3O3. The Bertz CT molecular complexity index is 825. The Hall–Kier alpha value is -2.63. The van der Waals surface area contributed by atoms with Crippen LogP contribution in [0.5, 0.6) is 5.75 Å². The van der Waals surface area contributed by atoms with Gasteiger partial charge in [0.25, 0.3) is 11.5 Å². The Morgan fingerprint density at radius 2 is 2.04 bits per heavy atom. The molecule has 1 aliphatic carbocycles. The minimum Gasteiger partial charge on any atom is -0.491 e. The third-order valence-corrected chi connectivity index (χ3v) is 4.28. The van der Waals surface area contributed by atoms with E-state index in [4.69, 9.17) is 4.74 Å². The fraction of sp³-hybridized carbons (Fsp3) is 0.421. The van der Waals surface area contributed by atoms with Gasteiger partial charge in [0, 0.05) is 24.7 Å². The quantitative estimate of drug-likeness (QED) is 0.921. The predicted octanol–water partition coefficient (Wildman–Crippen LogP) is 1.85. The average Bonchev–Trinajstić information content (AvgIpc) is 2.56. The third kappa shape index (κ3) is 4.07. The van der Waals surface area contributed by atoms with Crippen LogP contribution >= 0.6 is 0 Å². The van der Waals surface area contributed by atoms with E-state index in [-0.39, 0.29) is 23.6 Å². The lowest BCUT2D eigenvalue weighted by Gasteiger charge is -2.25. The van der Waals surface area contributed by atoms with E-state index in [1.807, 2.05) is 13.8 Å². The van der Waals surface area contributed by atoms with Crippen molar-refractivity contribution >= 4 is 5.91 Å². The molecule has 1 aliphatic rings. The second kappa shape index (κ2) is 7.09. The number of fused-ring (bicyclic) bond motifs is 1. The smallest absolute Gasteiger partial charge is 0.266 e. The Morgan fingerprint density at radius 1 is 1.32 bits per heavy atom. The molecule has 2 aromatic rings. The summed E-state index contributed by atoms with van der Waals surface area (Å²) in [5.74, 6) is 0.640. The number of hydrogen-bond donors (Lipinski definition) is 1. The molecule has 0 unspecified atom stereocenters. The van der Waals surface area contributed by atoms with Gasteiger partial charge in [-0.15, -0.1) is 0 Å². The molecule has 0 saturated carbocycles. The monoisotopic (exact) mass is 341 g/mol. The van der Waals surface area contributed by atoms with Gasteiger partial charge in [0.05, 0.1) is 11.8 Å². The van der Waals surface area contributed by atoms with Crippen molar-refractivity contribution in [3.05, 3.63) is 57.5 Å². The van der Waals surface area contributed by atoms with Gasteiger partial charge in [-0.3, -0.25) is 9.59 Å². The predicted molar refractivity (Wildman–Crippen MR) is 95.0 cm³/mol. The van der Waals surface area contributed by atoms with E-state index in [9.17, 15) is 9.59 Å². The Balaban J connectivity index is 1.65. The number of ether oxygens (including phenoxy) is 1. The summed E-state index contributed by atoms with van der Waals surface area (Å²) in [6, 6.07) is 8.78. The van der Waals surface area contributed by atoms with Crippen LogP contribution in [0.15, 0.2) is 35.1 Å². The number of nitrogens with zero attached hydrogens (tertiary/aromatic N) is 2. The number of nitrogens with one attached hydrogen (secondary N) is 1. The summed E-state index contributed by atoms with van der Waals surface area (Å²) in [5, 5.41) is 7.35. The van der Waals surface area contributed by atoms with E-state index >= 15 is 0 Å². The van der Waals surface area contributed by atoms with Crippen LogP contribution in [0.2, 0.25) is 0 Å². The number of carbonyl (C=O) groups excluding carboxylic acids is 1. The first-order chi connectivity index (χ1) is 11.9. The van der Waals surface area contributed by atoms with Crippen molar-refractivity contribution in [2.75, 3.05) is 0 Å². The zero-order valence-corrected chi connectivity index (χ0v) is 14.8. The van der Waals surface area contributed by atoms with Crippen LogP contribution in [0.1, 0.15) is 41.9 Å². The van der Waals surface area contributed by atoms with Crippen molar-refractivity contribution in [2.45, 2.75) is 45.3 Å². The molecule has 0 fully saturated rings. The maximum atomic E-state index is 12.4. The summed E-state index contributed by atoms with van der Waals surface area (Å²) in [5.41, 5.74) is 2.36. The number of benzene rings is 1. The first-order valence-corrected chi connectivity index (χ1v) is 8.56. The Labute approximate surface area is 146 Å². The average molecular weight is 341 g/mol. The lowest BCUT2D eigenvalue weighted by molar-refractivity contribution is 0.0933. The minimum atomic E-state index is -0.119. The molecule has 1 atom stereocenters. The van der Waals surface area contributed by atoms with Gasteiger partial charge in [-0.1, -0.05) is 0 Å². The first-order valence-electron chi connectivity index (χ1n) is 8.56. The van der Waals surface area contributed by atoms with Crippen LogP contribution in [-0.4, -0.2) is 27.8 Å². The second-order valence-electron chi connectivity index (χ2n) is 6.68. The third-order valence-electron chi connectivity index (χ3n) is 4.28. The van der Waals surface area contributed by atoms with E-state index in [1.54, 1.807) is 37.4 Å². The minimum absolute atomic E-state index is 0.0143. The maximum Gasteiger partial charge on any atom is 0.266 e. The fourth-order valence-electron chi connectivity index (χ4n) is 3.04. The lowest BCUT2D eigenvalue weighted by atomic mass is 9.92. The SMILES string of the molecule is CC(C)Oc1ccc(C(=O)N[C@@H]2CCc3nn(C)c(=O)cc3C2)cc1. The fourth-order valence-corrected chi connectivity index (χ4v) is 3.04. The van der Waals surface area contributed by atoms with Crippen LogP contribution in [0.25, 0.3) is 0 Å². The number of aromatic nitrogens is 2. The molecule has 0 radical (unpaired) electrons. The number of rotatable bonds is 4. The standard InChI is InChI=1S/C19H23N3O3/c1-12(2)25-16-7-4-13(5-8-16)19(24)20-15-6-9-17-14(10-15)11-18(23)22(3)21-17/h4-5,7-8,11-12,15H,6,9-10H2,1-3H3,(H,20,24)/t15-/m1/s1. The van der Waals surface area contributed by atoms with Gasteiger partial charge < -0.3 is 10.1 Å². The van der Waals surface area contributed by atoms with Gasteiger partial charge in [-0.05, 0) is 62.9 Å². The molecular weight excluding hydrogens is 318 g/mol. The topological polar surface area (TPSA) is 73.2 Å². The largest absolute Gasteiger partial charge is 0.491 e. The molecule has 1 N–H and O–H groups in total. The van der Waals surface area contributed by atoms with Crippen molar-refractivity contribution < 1.29 is 9.53 Å². The van der Waals surface area contributed by atoms with Crippen LogP contribution < -0.4 is 15.6 Å². The highest BCUT2D eigenvalue weighted by molar-refractivity contribution is 5.94. The molecule has 0 bridgehead atoms. The van der Waals surface area contributed by atoms with Crippen LogP contribution in [0, 0.1) is 0 Å². The summed E-state index contributed by atoms with van der Waals surface area (Å²) in [6.45, 7) is 3.92. The van der Waals surface area contributed by atoms with Gasteiger partial charge in [-0.25, -0.2) is 4.68 Å². The summed E-state index contributed by atoms with van der Waals surface area (Å²) in [4.78, 5) is 24.2. The highest BCUT2D eigenvalue weighted by Gasteiger charge is 2.22. The second-order valence-corrected chi connectivity index (χ2v) is 6.68. The molecule has 6 heteroatoms. The number of amides is 1. The van der Waals surface area contributed by atoms with E-state index in [2.05, 4.69) is 10.4 Å². The van der Waals surface area contributed by atoms with Crippen molar-refractivity contribution in [1.82, 2.24) is 15.1 Å². The zero-order valence-electron chi connectivity index (χ0n) is 14.8. The molecule has 0 spiro atoms. The van der Waals surface area contributed by atoms with Crippen molar-refractivity contribution in [3.8, 4) is 5.75 Å². The van der Waals surface area contributed by atoms with Gasteiger partial charge in [0.1, 0.15) is 5.75 Å². The van der Waals surface area contributed by atoms with E-state index in [0.29, 0.717) is 12.0 Å². The van der Waals surface area contributed by atoms with Crippen LogP contribution in [-0.2, 0) is 19.9 Å². The number of hydrogen-bond acceptors (Lipinski definition) is 4. The number of aryl methyl sites for hydroxylation is 2. The summed E-state index contributed by atoms with van der Waals surface area (Å²) in [6.07, 6.45) is 2.32. The molecule has 1 aromatic carbocycles. The van der Waals surface area contributed by atoms with Gasteiger partial charge >= 0.3 is 0 Å². The van der Waals surface area contributed by atoms with Crippen LogP contribution in [0.4, 0.5) is 0 Å². The Morgan fingerprint density at radius 3 is 2.72 bits per heavy atom. The highest BCUT2D eigenvalue weighted by Crippen LogP contribution is 2.19. The zero-order chi connectivity index (χ0) is 18.0. The molecule has 0 saturated heterocycles. The molecule has 3 rings (SSSR count). The molecule has 1 aromatic heterocycles. The maximum absolute atomic E-state index is 12.4. The van der Waals surface area contributed by atoms with Crippen molar-refractivity contribution in [1.29, 1.82) is 0 Å². The molecule has 1 amide bonds. The molecule has 1 heterocycles. The summed E-state index contributed by atoms with van der Waals surface area (Å²) >= 11 is 0. The number of carbonyl (C=O) groups is 1. The molecule has 6 nitrogen and oxygen atoms in total. The molecule has 25 heavy (non-hydrogen) atoms. The van der Waals surface area contributed by atoms with Gasteiger partial charge in [0.2, 0.25) is 0 Å². The lowest BCUT2D eigenvalue weighted by Crippen LogP contribution is -2.40. The van der Waals surface area contributed by atoms with Crippen molar-refractivity contribution in [2.24, 2.45) is 7.05 Å². The molecule has 0 aliphatic heterocycles. The van der Waals surface area contributed by atoms with Gasteiger partial charge in [0.15, 0.2) is 0 Å². The van der Waals surface area contributed by atoms with E-state index in [0.717, 1.165) is 29.8 Å². The van der Waals surface area contributed by atoms with Crippen LogP contribution in [0.3, 0.4) is 0 Å². The normalized spacial score (nSPS) is 16.4. The highest BCUT2D eigenvalue weighted by atomic mass is 16.5. The summed E-state index contributed by atoms with van der Waals surface area (Å²) < 4.78 is 6.95. The van der Waals surface area contributed by atoms with Gasteiger partial charge in [-0.2, -0.15) is 5.10 Å². The van der Waals surface area contributed by atoms with Crippen molar-refractivity contribution in [3.63, 3.8) is 0 Å². The summed E-state index contributed by atoms with van der Waals surface area (Å²) in [7, 11) is 1.66. The molecule has 132 valence electrons. The van der Waals surface area contributed by atoms with E-state index in [1.165, 1.54) is 4.68 Å². The Kier molecular flexibility index (Phi) is 4.88. The first kappa shape index (κ1) is 17.2. The van der Waals surface area contributed by atoms with E-state index < -0.39 is 0 Å².